The van der Waals surface area contributed by atoms with Crippen molar-refractivity contribution in [1.29, 1.82) is 0 Å². The maximum Gasteiger partial charge on any atom is 0.223 e. The molecule has 0 radical (unpaired) electrons. The van der Waals surface area contributed by atoms with Crippen LogP contribution < -0.4 is 15.8 Å². The zero-order valence-corrected chi connectivity index (χ0v) is 11.1. The molecule has 0 aliphatic carbocycles. The van der Waals surface area contributed by atoms with Gasteiger partial charge in [-0.1, -0.05) is 32.4 Å². The van der Waals surface area contributed by atoms with E-state index < -0.39 is 0 Å². The number of hydrogen-bond donors (Lipinski definition) is 2. The van der Waals surface area contributed by atoms with E-state index in [9.17, 15) is 4.79 Å². The lowest BCUT2D eigenvalue weighted by Gasteiger charge is -2.11. The molecule has 100 valence electrons. The van der Waals surface area contributed by atoms with Crippen molar-refractivity contribution < 1.29 is 9.53 Å². The normalized spacial score (nSPS) is 11.9. The second kappa shape index (κ2) is 7.58. The van der Waals surface area contributed by atoms with E-state index in [0.29, 0.717) is 30.4 Å². The van der Waals surface area contributed by atoms with Gasteiger partial charge in [-0.05, 0) is 18.1 Å². The molecule has 0 heterocycles. The van der Waals surface area contributed by atoms with Crippen LogP contribution in [0.25, 0.3) is 0 Å². The zero-order valence-electron chi connectivity index (χ0n) is 11.1. The maximum absolute atomic E-state index is 11.5. The number of ether oxygens (including phenoxy) is 1. The lowest BCUT2D eigenvalue weighted by molar-refractivity contribution is -0.121. The predicted octanol–water partition coefficient (Wildman–Crippen LogP) is 2.20. The molecule has 1 aromatic carbocycles. The molecule has 0 saturated carbocycles. The third-order valence-corrected chi connectivity index (χ3v) is 2.85. The Balaban J connectivity index is 2.22. The van der Waals surface area contributed by atoms with Crippen LogP contribution in [0.5, 0.6) is 5.75 Å². The van der Waals surface area contributed by atoms with Crippen LogP contribution in [-0.4, -0.2) is 19.1 Å². The highest BCUT2D eigenvalue weighted by Crippen LogP contribution is 2.19. The van der Waals surface area contributed by atoms with E-state index >= 15 is 0 Å². The van der Waals surface area contributed by atoms with Gasteiger partial charge in [0.15, 0.2) is 0 Å². The van der Waals surface area contributed by atoms with Gasteiger partial charge in [0, 0.05) is 6.54 Å². The Morgan fingerprint density at radius 2 is 2.17 bits per heavy atom. The molecule has 1 amide bonds. The highest BCUT2D eigenvalue weighted by molar-refractivity contribution is 5.76. The molecule has 0 aliphatic rings. The van der Waals surface area contributed by atoms with Gasteiger partial charge in [-0.2, -0.15) is 0 Å². The number of benzene rings is 1. The Morgan fingerprint density at radius 1 is 1.44 bits per heavy atom. The van der Waals surface area contributed by atoms with Gasteiger partial charge in [0.2, 0.25) is 5.91 Å². The number of nitrogen functional groups attached to an aromatic ring is 1. The zero-order chi connectivity index (χ0) is 13.4. The Morgan fingerprint density at radius 3 is 2.83 bits per heavy atom. The minimum Gasteiger partial charge on any atom is -0.491 e. The van der Waals surface area contributed by atoms with E-state index in [0.717, 1.165) is 13.0 Å². The first-order chi connectivity index (χ1) is 8.63. The molecular formula is C14H22N2O2. The molecule has 4 nitrogen and oxygen atoms in total. The summed E-state index contributed by atoms with van der Waals surface area (Å²) in [6.07, 6.45) is 1.42. The quantitative estimate of drug-likeness (QED) is 0.729. The molecule has 0 fully saturated rings. The van der Waals surface area contributed by atoms with Gasteiger partial charge in [-0.15, -0.1) is 0 Å². The average Bonchev–Trinajstić information content (AvgIpc) is 2.38. The molecule has 0 spiro atoms. The largest absolute Gasteiger partial charge is 0.491 e. The van der Waals surface area contributed by atoms with Gasteiger partial charge in [-0.3, -0.25) is 4.79 Å². The highest BCUT2D eigenvalue weighted by Gasteiger charge is 2.05. The van der Waals surface area contributed by atoms with E-state index in [1.165, 1.54) is 0 Å². The molecule has 1 unspecified atom stereocenters. The first-order valence-electron chi connectivity index (χ1n) is 6.37. The Bertz CT molecular complexity index is 380. The van der Waals surface area contributed by atoms with Crippen LogP contribution in [0.3, 0.4) is 0 Å². The minimum atomic E-state index is 0.0183. The molecule has 1 aromatic rings. The minimum absolute atomic E-state index is 0.0183. The van der Waals surface area contributed by atoms with Crippen molar-refractivity contribution in [2.75, 3.05) is 18.9 Å². The number of carbonyl (C=O) groups excluding carboxylic acids is 1. The number of hydrogen-bond acceptors (Lipinski definition) is 3. The van der Waals surface area contributed by atoms with Gasteiger partial charge in [-0.25, -0.2) is 0 Å². The number of rotatable bonds is 7. The molecule has 0 saturated heterocycles. The first kappa shape index (κ1) is 14.4. The molecule has 3 N–H and O–H groups in total. The summed E-state index contributed by atoms with van der Waals surface area (Å²) >= 11 is 0. The highest BCUT2D eigenvalue weighted by atomic mass is 16.5. The smallest absolute Gasteiger partial charge is 0.223 e. The van der Waals surface area contributed by atoms with E-state index in [1.54, 1.807) is 12.1 Å². The van der Waals surface area contributed by atoms with E-state index in [1.807, 2.05) is 12.1 Å². The molecule has 1 rings (SSSR count). The van der Waals surface area contributed by atoms with Gasteiger partial charge in [0.05, 0.1) is 18.7 Å². The van der Waals surface area contributed by atoms with Crippen molar-refractivity contribution in [3.05, 3.63) is 24.3 Å². The van der Waals surface area contributed by atoms with Crippen LogP contribution >= 0.6 is 0 Å². The molecule has 4 heteroatoms. The second-order valence-corrected chi connectivity index (χ2v) is 4.45. The Kier molecular flexibility index (Phi) is 6.05. The van der Waals surface area contributed by atoms with E-state index in [4.69, 9.17) is 10.5 Å². The number of anilines is 1. The van der Waals surface area contributed by atoms with Crippen LogP contribution in [0.4, 0.5) is 5.69 Å². The summed E-state index contributed by atoms with van der Waals surface area (Å²) in [5, 5.41) is 2.88. The summed E-state index contributed by atoms with van der Waals surface area (Å²) in [5.74, 6) is 1.16. The molecule has 0 bridgehead atoms. The fourth-order valence-corrected chi connectivity index (χ4v) is 1.39. The third kappa shape index (κ3) is 5.08. The fourth-order valence-electron chi connectivity index (χ4n) is 1.39. The lowest BCUT2D eigenvalue weighted by Crippen LogP contribution is -2.29. The monoisotopic (exact) mass is 250 g/mol. The van der Waals surface area contributed by atoms with Crippen LogP contribution in [0, 0.1) is 5.92 Å². The first-order valence-corrected chi connectivity index (χ1v) is 6.37. The van der Waals surface area contributed by atoms with Gasteiger partial charge < -0.3 is 15.8 Å². The summed E-state index contributed by atoms with van der Waals surface area (Å²) in [5.41, 5.74) is 6.32. The van der Waals surface area contributed by atoms with Crippen LogP contribution in [0.2, 0.25) is 0 Å². The Labute approximate surface area is 109 Å². The summed E-state index contributed by atoms with van der Waals surface area (Å²) in [6.45, 7) is 5.29. The fraction of sp³-hybridized carbons (Fsp3) is 0.500. The average molecular weight is 250 g/mol. The number of para-hydroxylation sites is 2. The summed E-state index contributed by atoms with van der Waals surface area (Å²) in [4.78, 5) is 11.5. The van der Waals surface area contributed by atoms with Crippen LogP contribution in [0.15, 0.2) is 24.3 Å². The number of carbonyl (C=O) groups is 1. The van der Waals surface area contributed by atoms with Gasteiger partial charge >= 0.3 is 0 Å². The van der Waals surface area contributed by atoms with Crippen molar-refractivity contribution in [2.24, 2.45) is 5.92 Å². The molecule has 1 atom stereocenters. The van der Waals surface area contributed by atoms with E-state index in [2.05, 4.69) is 19.2 Å². The van der Waals surface area contributed by atoms with Crippen LogP contribution in [-0.2, 0) is 4.79 Å². The molecular weight excluding hydrogens is 228 g/mol. The van der Waals surface area contributed by atoms with E-state index in [-0.39, 0.29) is 5.91 Å². The maximum atomic E-state index is 11.5. The molecule has 0 aromatic heterocycles. The Hall–Kier alpha value is -1.71. The topological polar surface area (TPSA) is 64.3 Å². The summed E-state index contributed by atoms with van der Waals surface area (Å²) in [6, 6.07) is 7.28. The van der Waals surface area contributed by atoms with Gasteiger partial charge in [0.25, 0.3) is 0 Å². The lowest BCUT2D eigenvalue weighted by atomic mass is 10.1. The van der Waals surface area contributed by atoms with Crippen LogP contribution in [0.1, 0.15) is 26.7 Å². The van der Waals surface area contributed by atoms with Gasteiger partial charge in [0.1, 0.15) is 5.75 Å². The summed E-state index contributed by atoms with van der Waals surface area (Å²) < 4.78 is 5.45. The predicted molar refractivity (Wildman–Crippen MR) is 73.4 cm³/mol. The van der Waals surface area contributed by atoms with Crippen molar-refractivity contribution in [1.82, 2.24) is 5.32 Å². The third-order valence-electron chi connectivity index (χ3n) is 2.85. The number of nitrogens with two attached hydrogens (primary N) is 1. The molecule has 18 heavy (non-hydrogen) atoms. The number of amides is 1. The van der Waals surface area contributed by atoms with Crippen molar-refractivity contribution >= 4 is 11.6 Å². The van der Waals surface area contributed by atoms with Crippen molar-refractivity contribution in [2.45, 2.75) is 26.7 Å². The standard InChI is InChI=1S/C14H22N2O2/c1-3-11(2)10-16-14(17)8-9-18-13-7-5-4-6-12(13)15/h4-7,11H,3,8-10,15H2,1-2H3,(H,16,17). The van der Waals surface area contributed by atoms with Crippen molar-refractivity contribution in [3.63, 3.8) is 0 Å². The summed E-state index contributed by atoms with van der Waals surface area (Å²) in [7, 11) is 0. The molecule has 0 aliphatic heterocycles. The number of nitrogens with one attached hydrogen (secondary N) is 1. The SMILES string of the molecule is CCC(C)CNC(=O)CCOc1ccccc1N. The second-order valence-electron chi connectivity index (χ2n) is 4.45. The van der Waals surface area contributed by atoms with Crippen molar-refractivity contribution in [3.8, 4) is 5.75 Å².